The van der Waals surface area contributed by atoms with Gasteiger partial charge in [0, 0.05) is 12.6 Å². The lowest BCUT2D eigenvalue weighted by Gasteiger charge is -2.24. The monoisotopic (exact) mass is 257 g/mol. The zero-order valence-corrected chi connectivity index (χ0v) is 10.5. The molecule has 1 aliphatic carbocycles. The zero-order chi connectivity index (χ0) is 13.7. The van der Waals surface area contributed by atoms with Gasteiger partial charge in [0.25, 0.3) is 0 Å². The number of nitrogens with two attached hydrogens (primary N) is 1. The quantitative estimate of drug-likeness (QED) is 0.572. The Kier molecular flexibility index (Phi) is 5.08. The number of primary amides is 1. The Morgan fingerprint density at radius 1 is 1.22 bits per heavy atom. The van der Waals surface area contributed by atoms with Gasteiger partial charge in [0.1, 0.15) is 0 Å². The third-order valence-electron chi connectivity index (χ3n) is 2.75. The molecule has 0 unspecified atom stereocenters. The van der Waals surface area contributed by atoms with Crippen molar-refractivity contribution in [2.75, 3.05) is 26.2 Å². The van der Waals surface area contributed by atoms with Crippen LogP contribution in [0.3, 0.4) is 0 Å². The van der Waals surface area contributed by atoms with Gasteiger partial charge in [-0.1, -0.05) is 0 Å². The highest BCUT2D eigenvalue weighted by Crippen LogP contribution is 2.26. The van der Waals surface area contributed by atoms with E-state index < -0.39 is 11.9 Å². The van der Waals surface area contributed by atoms with E-state index in [1.54, 1.807) is 4.90 Å². The molecule has 2 amide bonds. The molecule has 0 bridgehead atoms. The van der Waals surface area contributed by atoms with E-state index in [2.05, 4.69) is 0 Å². The fraction of sp³-hybridized carbons (Fsp3) is 0.727. The van der Waals surface area contributed by atoms with E-state index in [0.717, 1.165) is 12.8 Å². The highest BCUT2D eigenvalue weighted by molar-refractivity contribution is 5.82. The Morgan fingerprint density at radius 2 is 1.83 bits per heavy atom. The van der Waals surface area contributed by atoms with Crippen LogP contribution in [0, 0.1) is 0 Å². The maximum absolute atomic E-state index is 12.0. The molecule has 0 aromatic carbocycles. The highest BCUT2D eigenvalue weighted by atomic mass is 16.4. The number of aliphatic carboxylic acids is 1. The van der Waals surface area contributed by atoms with Gasteiger partial charge >= 0.3 is 5.97 Å². The minimum absolute atomic E-state index is 0.0837. The van der Waals surface area contributed by atoms with Gasteiger partial charge in [0.05, 0.1) is 19.6 Å². The number of carboxylic acid groups (broad SMARTS) is 1. The maximum Gasteiger partial charge on any atom is 0.317 e. The predicted molar refractivity (Wildman–Crippen MR) is 63.7 cm³/mol. The molecule has 0 aliphatic heterocycles. The minimum Gasteiger partial charge on any atom is -0.480 e. The maximum atomic E-state index is 12.0. The van der Waals surface area contributed by atoms with E-state index in [-0.39, 0.29) is 31.6 Å². The summed E-state index contributed by atoms with van der Waals surface area (Å²) >= 11 is 0. The van der Waals surface area contributed by atoms with E-state index in [4.69, 9.17) is 10.8 Å². The first-order chi connectivity index (χ1) is 8.43. The molecule has 3 N–H and O–H groups in total. The summed E-state index contributed by atoms with van der Waals surface area (Å²) in [4.78, 5) is 36.4. The van der Waals surface area contributed by atoms with Crippen LogP contribution in [0.1, 0.15) is 19.8 Å². The SMILES string of the molecule is CCN(C(=O)CN(CC(N)=O)CC(=O)O)C1CC1. The Balaban J connectivity index is 2.54. The molecule has 18 heavy (non-hydrogen) atoms. The number of nitrogens with zero attached hydrogens (tertiary/aromatic N) is 2. The number of amides is 2. The second-order valence-corrected chi connectivity index (χ2v) is 4.42. The van der Waals surface area contributed by atoms with E-state index in [9.17, 15) is 14.4 Å². The molecule has 0 aromatic rings. The lowest BCUT2D eigenvalue weighted by molar-refractivity contribution is -0.140. The van der Waals surface area contributed by atoms with E-state index in [0.29, 0.717) is 6.54 Å². The van der Waals surface area contributed by atoms with Crippen LogP contribution in [0.15, 0.2) is 0 Å². The van der Waals surface area contributed by atoms with Crippen LogP contribution < -0.4 is 5.73 Å². The molecular formula is C11H19N3O4. The van der Waals surface area contributed by atoms with Gasteiger partial charge in [-0.15, -0.1) is 0 Å². The first-order valence-electron chi connectivity index (χ1n) is 5.96. The van der Waals surface area contributed by atoms with Crippen molar-refractivity contribution in [2.45, 2.75) is 25.8 Å². The second kappa shape index (κ2) is 6.34. The first-order valence-corrected chi connectivity index (χ1v) is 5.96. The van der Waals surface area contributed by atoms with Gasteiger partial charge in [-0.05, 0) is 19.8 Å². The smallest absolute Gasteiger partial charge is 0.317 e. The van der Waals surface area contributed by atoms with Gasteiger partial charge in [0.2, 0.25) is 11.8 Å². The number of hydrogen-bond donors (Lipinski definition) is 2. The van der Waals surface area contributed by atoms with Crippen molar-refractivity contribution >= 4 is 17.8 Å². The fourth-order valence-corrected chi connectivity index (χ4v) is 1.89. The van der Waals surface area contributed by atoms with Crippen LogP contribution in [0.5, 0.6) is 0 Å². The number of carbonyl (C=O) groups is 3. The molecule has 0 heterocycles. The molecular weight excluding hydrogens is 238 g/mol. The molecule has 1 aliphatic rings. The summed E-state index contributed by atoms with van der Waals surface area (Å²) < 4.78 is 0. The Bertz CT molecular complexity index is 325. The van der Waals surface area contributed by atoms with Crippen molar-refractivity contribution in [2.24, 2.45) is 5.73 Å². The third kappa shape index (κ3) is 4.70. The molecule has 1 saturated carbocycles. The van der Waals surface area contributed by atoms with Crippen molar-refractivity contribution < 1.29 is 19.5 Å². The van der Waals surface area contributed by atoms with Crippen molar-refractivity contribution in [3.05, 3.63) is 0 Å². The lowest BCUT2D eigenvalue weighted by Crippen LogP contribution is -2.45. The average molecular weight is 257 g/mol. The average Bonchev–Trinajstić information content (AvgIpc) is 3.00. The second-order valence-electron chi connectivity index (χ2n) is 4.42. The van der Waals surface area contributed by atoms with Gasteiger partial charge < -0.3 is 15.7 Å². The summed E-state index contributed by atoms with van der Waals surface area (Å²) in [6.45, 7) is 1.81. The molecule has 7 heteroatoms. The first kappa shape index (κ1) is 14.4. The van der Waals surface area contributed by atoms with Crippen LogP contribution >= 0.6 is 0 Å². The zero-order valence-electron chi connectivity index (χ0n) is 10.5. The number of carbonyl (C=O) groups excluding carboxylic acids is 2. The normalized spacial score (nSPS) is 14.6. The molecule has 0 saturated heterocycles. The van der Waals surface area contributed by atoms with Crippen molar-refractivity contribution in [3.63, 3.8) is 0 Å². The standard InChI is InChI=1S/C11H19N3O4/c1-2-14(8-3-4-8)10(16)6-13(5-9(12)15)7-11(17)18/h8H,2-7H2,1H3,(H2,12,15)(H,17,18). The Morgan fingerprint density at radius 3 is 2.22 bits per heavy atom. The Hall–Kier alpha value is -1.63. The van der Waals surface area contributed by atoms with Crippen molar-refractivity contribution in [3.8, 4) is 0 Å². The molecule has 0 spiro atoms. The van der Waals surface area contributed by atoms with Gasteiger partial charge in [-0.2, -0.15) is 0 Å². The van der Waals surface area contributed by atoms with Crippen LogP contribution in [0.4, 0.5) is 0 Å². The molecule has 1 rings (SSSR count). The summed E-state index contributed by atoms with van der Waals surface area (Å²) in [6.07, 6.45) is 1.99. The molecule has 7 nitrogen and oxygen atoms in total. The van der Waals surface area contributed by atoms with Crippen molar-refractivity contribution in [1.82, 2.24) is 9.80 Å². The van der Waals surface area contributed by atoms with Gasteiger partial charge in [0.15, 0.2) is 0 Å². The predicted octanol–water partition coefficient (Wildman–Crippen LogP) is -1.13. The summed E-state index contributed by atoms with van der Waals surface area (Å²) in [5.41, 5.74) is 5.03. The molecule has 0 aromatic heterocycles. The summed E-state index contributed by atoms with van der Waals surface area (Å²) in [6, 6.07) is 0.280. The van der Waals surface area contributed by atoms with Crippen LogP contribution in [-0.2, 0) is 14.4 Å². The van der Waals surface area contributed by atoms with E-state index in [1.807, 2.05) is 6.92 Å². The summed E-state index contributed by atoms with van der Waals surface area (Å²) in [5.74, 6) is -1.88. The lowest BCUT2D eigenvalue weighted by atomic mass is 10.3. The third-order valence-corrected chi connectivity index (χ3v) is 2.75. The van der Waals surface area contributed by atoms with Crippen LogP contribution in [0.25, 0.3) is 0 Å². The number of rotatable bonds is 8. The van der Waals surface area contributed by atoms with Gasteiger partial charge in [-0.3, -0.25) is 19.3 Å². The Labute approximate surface area is 106 Å². The highest BCUT2D eigenvalue weighted by Gasteiger charge is 2.32. The number of carboxylic acids is 1. The van der Waals surface area contributed by atoms with Gasteiger partial charge in [-0.25, -0.2) is 0 Å². The minimum atomic E-state index is -1.08. The van der Waals surface area contributed by atoms with E-state index in [1.165, 1.54) is 4.90 Å². The molecule has 102 valence electrons. The molecule has 0 radical (unpaired) electrons. The molecule has 0 atom stereocenters. The van der Waals surface area contributed by atoms with Crippen molar-refractivity contribution in [1.29, 1.82) is 0 Å². The summed E-state index contributed by atoms with van der Waals surface area (Å²) in [5, 5.41) is 8.71. The largest absolute Gasteiger partial charge is 0.480 e. The van der Waals surface area contributed by atoms with Crippen LogP contribution in [0.2, 0.25) is 0 Å². The number of hydrogen-bond acceptors (Lipinski definition) is 4. The molecule has 1 fully saturated rings. The van der Waals surface area contributed by atoms with Crippen LogP contribution in [-0.4, -0.2) is 64.9 Å². The van der Waals surface area contributed by atoms with E-state index >= 15 is 0 Å². The fourth-order valence-electron chi connectivity index (χ4n) is 1.89. The summed E-state index contributed by atoms with van der Waals surface area (Å²) in [7, 11) is 0. The number of likely N-dealkylation sites (N-methyl/N-ethyl adjacent to an activating group) is 1. The topological polar surface area (TPSA) is 104 Å².